The lowest BCUT2D eigenvalue weighted by Gasteiger charge is -2.23. The average Bonchev–Trinajstić information content (AvgIpc) is 3.05. The van der Waals surface area contributed by atoms with Crippen LogP contribution in [0.4, 0.5) is 0 Å². The van der Waals surface area contributed by atoms with E-state index >= 15 is 0 Å². The first-order valence-electron chi connectivity index (χ1n) is 6.96. The Bertz CT molecular complexity index is 520. The number of aliphatic carboxylic acids is 1. The molecule has 1 aromatic heterocycles. The zero-order chi connectivity index (χ0) is 15.4. The molecule has 1 amide bonds. The maximum absolute atomic E-state index is 12.3. The Morgan fingerprint density at radius 3 is 2.81 bits per heavy atom. The summed E-state index contributed by atoms with van der Waals surface area (Å²) in [5.41, 5.74) is 0. The molecule has 21 heavy (non-hydrogen) atoms. The van der Waals surface area contributed by atoms with Gasteiger partial charge in [-0.05, 0) is 48.0 Å². The predicted molar refractivity (Wildman–Crippen MR) is 85.3 cm³/mol. The molecule has 7 heteroatoms. The summed E-state index contributed by atoms with van der Waals surface area (Å²) in [5.74, 6) is -1.03. The topological polar surface area (TPSA) is 60.9 Å². The van der Waals surface area contributed by atoms with Crippen molar-refractivity contribution in [2.45, 2.75) is 19.9 Å². The summed E-state index contributed by atoms with van der Waals surface area (Å²) >= 11 is 5.05. The van der Waals surface area contributed by atoms with E-state index in [1.807, 2.05) is 28.9 Å². The maximum Gasteiger partial charge on any atom is 0.307 e. The Morgan fingerprint density at radius 2 is 2.29 bits per heavy atom. The van der Waals surface area contributed by atoms with E-state index in [-0.39, 0.29) is 11.8 Å². The number of likely N-dealkylation sites (tertiary alicyclic amines) is 1. The molecule has 1 unspecified atom stereocenters. The van der Waals surface area contributed by atoms with Crippen molar-refractivity contribution in [3.05, 3.63) is 20.8 Å². The Hall–Kier alpha value is -0.920. The second-order valence-corrected chi connectivity index (χ2v) is 7.72. The number of carbonyl (C=O) groups is 2. The third-order valence-corrected chi connectivity index (χ3v) is 5.30. The molecular weight excluding hydrogens is 356 g/mol. The number of likely N-dealkylation sites (N-methyl/N-ethyl adjacent to an activating group) is 1. The summed E-state index contributed by atoms with van der Waals surface area (Å²) in [5, 5.41) is 8.99. The Balaban J connectivity index is 1.87. The lowest BCUT2D eigenvalue weighted by atomic mass is 10.1. The molecule has 116 valence electrons. The number of amides is 1. The minimum atomic E-state index is -0.763. The van der Waals surface area contributed by atoms with E-state index in [2.05, 4.69) is 15.9 Å². The number of thiophene rings is 1. The molecule has 1 saturated heterocycles. The third-order valence-electron chi connectivity index (χ3n) is 3.69. The van der Waals surface area contributed by atoms with Gasteiger partial charge in [-0.1, -0.05) is 0 Å². The Morgan fingerprint density at radius 1 is 1.52 bits per heavy atom. The van der Waals surface area contributed by atoms with Crippen molar-refractivity contribution in [1.82, 2.24) is 9.80 Å². The van der Waals surface area contributed by atoms with E-state index in [4.69, 9.17) is 5.11 Å². The summed E-state index contributed by atoms with van der Waals surface area (Å²) in [6.45, 7) is 4.70. The minimum absolute atomic E-state index is 0.0630. The van der Waals surface area contributed by atoms with Gasteiger partial charge in [0.1, 0.15) is 0 Å². The summed E-state index contributed by atoms with van der Waals surface area (Å²) in [6.07, 6.45) is 0.632. The van der Waals surface area contributed by atoms with Gasteiger partial charge in [-0.15, -0.1) is 11.3 Å². The fraction of sp³-hybridized carbons (Fsp3) is 0.571. The van der Waals surface area contributed by atoms with E-state index in [0.29, 0.717) is 39.1 Å². The van der Waals surface area contributed by atoms with Gasteiger partial charge >= 0.3 is 5.97 Å². The number of hydrogen-bond acceptors (Lipinski definition) is 4. The van der Waals surface area contributed by atoms with Crippen LogP contribution in [0.15, 0.2) is 15.9 Å². The molecule has 2 rings (SSSR count). The summed E-state index contributed by atoms with van der Waals surface area (Å²) in [4.78, 5) is 28.2. The second kappa shape index (κ2) is 7.38. The first kappa shape index (κ1) is 16.5. The SMILES string of the molecule is CCN(Cc1ccc(Br)s1)C(=O)CN1CCC(C(=O)O)C1. The fourth-order valence-corrected chi connectivity index (χ4v) is 3.97. The maximum atomic E-state index is 12.3. The number of carbonyl (C=O) groups excluding carboxylic acids is 1. The van der Waals surface area contributed by atoms with Gasteiger partial charge in [0, 0.05) is 18.0 Å². The van der Waals surface area contributed by atoms with Gasteiger partial charge in [-0.25, -0.2) is 0 Å². The van der Waals surface area contributed by atoms with Crippen LogP contribution in [0.1, 0.15) is 18.2 Å². The highest BCUT2D eigenvalue weighted by Gasteiger charge is 2.29. The summed E-state index contributed by atoms with van der Waals surface area (Å²) in [6, 6.07) is 4.00. The molecule has 0 radical (unpaired) electrons. The smallest absolute Gasteiger partial charge is 0.307 e. The third kappa shape index (κ3) is 4.52. The van der Waals surface area contributed by atoms with Crippen LogP contribution < -0.4 is 0 Å². The molecule has 1 atom stereocenters. The van der Waals surface area contributed by atoms with Crippen molar-refractivity contribution in [3.8, 4) is 0 Å². The first-order valence-corrected chi connectivity index (χ1v) is 8.57. The zero-order valence-electron chi connectivity index (χ0n) is 11.9. The molecule has 2 heterocycles. The van der Waals surface area contributed by atoms with Crippen LogP contribution in [-0.2, 0) is 16.1 Å². The van der Waals surface area contributed by atoms with Crippen LogP contribution in [0.25, 0.3) is 0 Å². The van der Waals surface area contributed by atoms with E-state index in [9.17, 15) is 9.59 Å². The lowest BCUT2D eigenvalue weighted by molar-refractivity contribution is -0.141. The molecule has 0 aliphatic carbocycles. The van der Waals surface area contributed by atoms with Gasteiger partial charge in [0.05, 0.1) is 22.8 Å². The quantitative estimate of drug-likeness (QED) is 0.829. The first-order chi connectivity index (χ1) is 9.99. The van der Waals surface area contributed by atoms with Gasteiger partial charge in [0.15, 0.2) is 0 Å². The van der Waals surface area contributed by atoms with Crippen LogP contribution >= 0.6 is 27.3 Å². The van der Waals surface area contributed by atoms with Crippen molar-refractivity contribution in [2.75, 3.05) is 26.2 Å². The van der Waals surface area contributed by atoms with E-state index in [1.54, 1.807) is 11.3 Å². The van der Waals surface area contributed by atoms with Gasteiger partial charge in [0.2, 0.25) is 5.91 Å². The molecule has 0 saturated carbocycles. The number of carboxylic acid groups (broad SMARTS) is 1. The molecular formula is C14H19BrN2O3S. The molecule has 1 aromatic rings. The highest BCUT2D eigenvalue weighted by molar-refractivity contribution is 9.11. The lowest BCUT2D eigenvalue weighted by Crippen LogP contribution is -2.39. The van der Waals surface area contributed by atoms with E-state index in [1.165, 1.54) is 0 Å². The molecule has 1 aliphatic rings. The number of hydrogen-bond donors (Lipinski definition) is 1. The Kier molecular flexibility index (Phi) is 5.78. The molecule has 1 fully saturated rings. The van der Waals surface area contributed by atoms with Gasteiger partial charge in [-0.2, -0.15) is 0 Å². The number of rotatable bonds is 6. The van der Waals surface area contributed by atoms with Crippen molar-refractivity contribution in [1.29, 1.82) is 0 Å². The van der Waals surface area contributed by atoms with Crippen LogP contribution in [0, 0.1) is 5.92 Å². The standard InChI is InChI=1S/C14H19BrN2O3S/c1-2-17(8-11-3-4-12(15)21-11)13(18)9-16-6-5-10(7-16)14(19)20/h3-4,10H,2,5-9H2,1H3,(H,19,20). The normalized spacial score (nSPS) is 18.9. The number of halogens is 1. The van der Waals surface area contributed by atoms with E-state index < -0.39 is 5.97 Å². The largest absolute Gasteiger partial charge is 0.481 e. The Labute approximate surface area is 136 Å². The molecule has 5 nitrogen and oxygen atoms in total. The molecule has 1 N–H and O–H groups in total. The molecule has 1 aliphatic heterocycles. The highest BCUT2D eigenvalue weighted by Crippen LogP contribution is 2.23. The summed E-state index contributed by atoms with van der Waals surface area (Å²) < 4.78 is 1.06. The highest BCUT2D eigenvalue weighted by atomic mass is 79.9. The van der Waals surface area contributed by atoms with Gasteiger partial charge in [-0.3, -0.25) is 14.5 Å². The average molecular weight is 375 g/mol. The molecule has 0 spiro atoms. The van der Waals surface area contributed by atoms with Crippen LogP contribution in [0.2, 0.25) is 0 Å². The van der Waals surface area contributed by atoms with Gasteiger partial charge in [0.25, 0.3) is 0 Å². The monoisotopic (exact) mass is 374 g/mol. The summed E-state index contributed by atoms with van der Waals surface area (Å²) in [7, 11) is 0. The number of nitrogens with zero attached hydrogens (tertiary/aromatic N) is 2. The fourth-order valence-electron chi connectivity index (χ4n) is 2.47. The minimum Gasteiger partial charge on any atom is -0.481 e. The second-order valence-electron chi connectivity index (χ2n) is 5.17. The van der Waals surface area contributed by atoms with Crippen molar-refractivity contribution >= 4 is 39.1 Å². The van der Waals surface area contributed by atoms with Crippen molar-refractivity contribution in [3.63, 3.8) is 0 Å². The van der Waals surface area contributed by atoms with Crippen molar-refractivity contribution in [2.24, 2.45) is 5.92 Å². The van der Waals surface area contributed by atoms with Crippen LogP contribution in [-0.4, -0.2) is 53.0 Å². The van der Waals surface area contributed by atoms with Crippen LogP contribution in [0.5, 0.6) is 0 Å². The van der Waals surface area contributed by atoms with Crippen molar-refractivity contribution < 1.29 is 14.7 Å². The molecule has 0 aromatic carbocycles. The zero-order valence-corrected chi connectivity index (χ0v) is 14.3. The number of carboxylic acids is 1. The van der Waals surface area contributed by atoms with E-state index in [0.717, 1.165) is 8.66 Å². The predicted octanol–water partition coefficient (Wildman–Crippen LogP) is 2.27. The molecule has 0 bridgehead atoms. The van der Waals surface area contributed by atoms with Crippen LogP contribution in [0.3, 0.4) is 0 Å². The van der Waals surface area contributed by atoms with Gasteiger partial charge < -0.3 is 10.0 Å².